The molecule has 3 rings (SSSR count). The van der Waals surface area contributed by atoms with Crippen molar-refractivity contribution in [3.8, 4) is 0 Å². The molecule has 1 aromatic rings. The molecule has 0 spiro atoms. The standard InChI is InChI=1S/C13H20N4O/c14-8-10-2-1-3-11(10)13(18)17-7-6-16-5-4-15-12(16)9-17/h4-5,10-11H,1-3,6-9,14H2/t10-,11-/m1/s1. The van der Waals surface area contributed by atoms with Gasteiger partial charge in [0.1, 0.15) is 5.82 Å². The van der Waals surface area contributed by atoms with Crippen molar-refractivity contribution in [1.29, 1.82) is 0 Å². The maximum atomic E-state index is 12.5. The number of amides is 1. The van der Waals surface area contributed by atoms with Crippen molar-refractivity contribution in [2.75, 3.05) is 13.1 Å². The van der Waals surface area contributed by atoms with E-state index in [1.54, 1.807) is 0 Å². The SMILES string of the molecule is NC[C@H]1CCC[C@H]1C(=O)N1CCn2ccnc2C1. The molecule has 0 bridgehead atoms. The van der Waals surface area contributed by atoms with Gasteiger partial charge in [-0.25, -0.2) is 4.98 Å². The van der Waals surface area contributed by atoms with E-state index in [-0.39, 0.29) is 11.8 Å². The molecule has 2 aliphatic rings. The van der Waals surface area contributed by atoms with Crippen LogP contribution in [0.25, 0.3) is 0 Å². The van der Waals surface area contributed by atoms with E-state index in [1.807, 2.05) is 17.3 Å². The lowest BCUT2D eigenvalue weighted by molar-refractivity contribution is -0.138. The number of aromatic nitrogens is 2. The molecular formula is C13H20N4O. The van der Waals surface area contributed by atoms with Gasteiger partial charge in [-0.2, -0.15) is 0 Å². The minimum absolute atomic E-state index is 0.150. The van der Waals surface area contributed by atoms with Crippen molar-refractivity contribution >= 4 is 5.91 Å². The Kier molecular flexibility index (Phi) is 3.07. The van der Waals surface area contributed by atoms with E-state index in [9.17, 15) is 4.79 Å². The molecule has 1 fully saturated rings. The van der Waals surface area contributed by atoms with Gasteiger partial charge in [0.05, 0.1) is 6.54 Å². The summed E-state index contributed by atoms with van der Waals surface area (Å²) < 4.78 is 2.12. The van der Waals surface area contributed by atoms with Crippen LogP contribution in [0.1, 0.15) is 25.1 Å². The number of nitrogens with two attached hydrogens (primary N) is 1. The molecule has 0 saturated heterocycles. The van der Waals surface area contributed by atoms with Gasteiger partial charge in [-0.3, -0.25) is 4.79 Å². The highest BCUT2D eigenvalue weighted by Gasteiger charge is 2.35. The van der Waals surface area contributed by atoms with Crippen molar-refractivity contribution in [1.82, 2.24) is 14.5 Å². The van der Waals surface area contributed by atoms with E-state index >= 15 is 0 Å². The fourth-order valence-electron chi connectivity index (χ4n) is 3.24. The molecule has 0 radical (unpaired) electrons. The lowest BCUT2D eigenvalue weighted by Crippen LogP contribution is -2.43. The predicted octanol–water partition coefficient (Wildman–Crippen LogP) is 0.600. The highest BCUT2D eigenvalue weighted by molar-refractivity contribution is 5.79. The molecule has 2 atom stereocenters. The number of rotatable bonds is 2. The van der Waals surface area contributed by atoms with Gasteiger partial charge >= 0.3 is 0 Å². The number of nitrogens with zero attached hydrogens (tertiary/aromatic N) is 3. The van der Waals surface area contributed by atoms with Crippen LogP contribution in [0.4, 0.5) is 0 Å². The van der Waals surface area contributed by atoms with Gasteiger partial charge in [0, 0.05) is 31.4 Å². The smallest absolute Gasteiger partial charge is 0.226 e. The second kappa shape index (κ2) is 4.72. The van der Waals surface area contributed by atoms with Gasteiger partial charge < -0.3 is 15.2 Å². The Morgan fingerprint density at radius 2 is 2.33 bits per heavy atom. The zero-order valence-electron chi connectivity index (χ0n) is 10.6. The molecule has 0 unspecified atom stereocenters. The van der Waals surface area contributed by atoms with Gasteiger partial charge in [0.25, 0.3) is 0 Å². The zero-order valence-corrected chi connectivity index (χ0v) is 10.6. The monoisotopic (exact) mass is 248 g/mol. The van der Waals surface area contributed by atoms with Gasteiger partial charge in [0.15, 0.2) is 0 Å². The van der Waals surface area contributed by atoms with Crippen LogP contribution in [-0.4, -0.2) is 33.4 Å². The van der Waals surface area contributed by atoms with Crippen LogP contribution < -0.4 is 5.73 Å². The molecule has 1 aromatic heterocycles. The summed E-state index contributed by atoms with van der Waals surface area (Å²) in [5.74, 6) is 1.82. The van der Waals surface area contributed by atoms with Crippen LogP contribution in [0.5, 0.6) is 0 Å². The summed E-state index contributed by atoms with van der Waals surface area (Å²) in [4.78, 5) is 18.8. The maximum absolute atomic E-state index is 12.5. The fraction of sp³-hybridized carbons (Fsp3) is 0.692. The first-order chi connectivity index (χ1) is 8.79. The van der Waals surface area contributed by atoms with E-state index in [0.717, 1.165) is 38.2 Å². The van der Waals surface area contributed by atoms with E-state index in [1.165, 1.54) is 0 Å². The number of hydrogen-bond acceptors (Lipinski definition) is 3. The van der Waals surface area contributed by atoms with Gasteiger partial charge in [-0.05, 0) is 25.3 Å². The molecule has 2 heterocycles. The highest BCUT2D eigenvalue weighted by atomic mass is 16.2. The summed E-state index contributed by atoms with van der Waals surface area (Å²) in [6.07, 6.45) is 7.04. The highest BCUT2D eigenvalue weighted by Crippen LogP contribution is 2.33. The topological polar surface area (TPSA) is 64.2 Å². The van der Waals surface area contributed by atoms with Crippen LogP contribution in [-0.2, 0) is 17.9 Å². The lowest BCUT2D eigenvalue weighted by atomic mass is 9.94. The van der Waals surface area contributed by atoms with Crippen molar-refractivity contribution in [3.63, 3.8) is 0 Å². The average Bonchev–Trinajstić information content (AvgIpc) is 3.05. The Morgan fingerprint density at radius 3 is 3.17 bits per heavy atom. The van der Waals surface area contributed by atoms with E-state index < -0.39 is 0 Å². The Bertz CT molecular complexity index is 442. The number of fused-ring (bicyclic) bond motifs is 1. The minimum atomic E-state index is 0.150. The third-order valence-electron chi connectivity index (χ3n) is 4.34. The molecule has 1 amide bonds. The second-order valence-electron chi connectivity index (χ2n) is 5.33. The number of carbonyl (C=O) groups excluding carboxylic acids is 1. The minimum Gasteiger partial charge on any atom is -0.333 e. The van der Waals surface area contributed by atoms with E-state index in [0.29, 0.717) is 19.0 Å². The summed E-state index contributed by atoms with van der Waals surface area (Å²) in [6, 6.07) is 0. The number of imidazole rings is 1. The zero-order chi connectivity index (χ0) is 12.5. The summed E-state index contributed by atoms with van der Waals surface area (Å²) >= 11 is 0. The molecule has 1 aliphatic carbocycles. The second-order valence-corrected chi connectivity index (χ2v) is 5.33. The number of hydrogen-bond donors (Lipinski definition) is 1. The first-order valence-corrected chi connectivity index (χ1v) is 6.78. The molecule has 5 heteroatoms. The predicted molar refractivity (Wildman–Crippen MR) is 67.5 cm³/mol. The first-order valence-electron chi connectivity index (χ1n) is 6.78. The molecule has 0 aromatic carbocycles. The fourth-order valence-corrected chi connectivity index (χ4v) is 3.24. The van der Waals surface area contributed by atoms with E-state index in [2.05, 4.69) is 9.55 Å². The Hall–Kier alpha value is -1.36. The molecule has 1 saturated carbocycles. The molecular weight excluding hydrogens is 228 g/mol. The molecule has 18 heavy (non-hydrogen) atoms. The summed E-state index contributed by atoms with van der Waals surface area (Å²) in [6.45, 7) is 2.95. The van der Waals surface area contributed by atoms with Crippen molar-refractivity contribution in [2.45, 2.75) is 32.4 Å². The van der Waals surface area contributed by atoms with Gasteiger partial charge in [-0.1, -0.05) is 6.42 Å². The quantitative estimate of drug-likeness (QED) is 0.833. The van der Waals surface area contributed by atoms with Crippen LogP contribution >= 0.6 is 0 Å². The number of carbonyl (C=O) groups is 1. The Labute approximate surface area is 107 Å². The summed E-state index contributed by atoms with van der Waals surface area (Å²) in [5.41, 5.74) is 5.76. The summed E-state index contributed by atoms with van der Waals surface area (Å²) in [5, 5.41) is 0. The van der Waals surface area contributed by atoms with Crippen molar-refractivity contribution in [2.24, 2.45) is 17.6 Å². The van der Waals surface area contributed by atoms with Gasteiger partial charge in [-0.15, -0.1) is 0 Å². The van der Waals surface area contributed by atoms with Gasteiger partial charge in [0.2, 0.25) is 5.91 Å². The average molecular weight is 248 g/mol. The molecule has 5 nitrogen and oxygen atoms in total. The largest absolute Gasteiger partial charge is 0.333 e. The third-order valence-corrected chi connectivity index (χ3v) is 4.34. The Balaban J connectivity index is 1.71. The van der Waals surface area contributed by atoms with Crippen LogP contribution in [0.3, 0.4) is 0 Å². The maximum Gasteiger partial charge on any atom is 0.226 e. The van der Waals surface area contributed by atoms with Crippen molar-refractivity contribution < 1.29 is 4.79 Å². The van der Waals surface area contributed by atoms with E-state index in [4.69, 9.17) is 5.73 Å². The Morgan fingerprint density at radius 1 is 1.44 bits per heavy atom. The van der Waals surface area contributed by atoms with Crippen molar-refractivity contribution in [3.05, 3.63) is 18.2 Å². The van der Waals surface area contributed by atoms with Crippen LogP contribution in [0, 0.1) is 11.8 Å². The summed E-state index contributed by atoms with van der Waals surface area (Å²) in [7, 11) is 0. The normalized spacial score (nSPS) is 27.3. The van der Waals surface area contributed by atoms with Crippen LogP contribution in [0.2, 0.25) is 0 Å². The van der Waals surface area contributed by atoms with Crippen LogP contribution in [0.15, 0.2) is 12.4 Å². The lowest BCUT2D eigenvalue weighted by Gasteiger charge is -2.31. The molecule has 2 N–H and O–H groups in total. The molecule has 1 aliphatic heterocycles. The third kappa shape index (κ3) is 1.92. The molecule has 98 valence electrons. The first kappa shape index (κ1) is 11.7.